The van der Waals surface area contributed by atoms with E-state index in [0.717, 1.165) is 10.2 Å². The summed E-state index contributed by atoms with van der Waals surface area (Å²) in [6, 6.07) is 5.57. The molecule has 0 heterocycles. The minimum atomic E-state index is -0.423. The number of halogens is 1. The lowest BCUT2D eigenvalue weighted by Gasteiger charge is -2.23. The second-order valence-corrected chi connectivity index (χ2v) is 4.72. The van der Waals surface area contributed by atoms with Gasteiger partial charge in [0.05, 0.1) is 6.10 Å². The zero-order valence-electron chi connectivity index (χ0n) is 9.37. The van der Waals surface area contributed by atoms with E-state index in [0.29, 0.717) is 12.1 Å². The number of hydrogen-bond donors (Lipinski definition) is 3. The number of nitrogens with two attached hydrogens (primary N) is 1. The molecule has 0 aliphatic rings. The molecule has 0 bridgehead atoms. The first-order chi connectivity index (χ1) is 7.41. The molecule has 4 N–H and O–H groups in total. The Hall–Kier alpha value is -1.07. The third kappa shape index (κ3) is 3.21. The van der Waals surface area contributed by atoms with Gasteiger partial charge in [-0.1, -0.05) is 15.9 Å². The van der Waals surface area contributed by atoms with E-state index in [2.05, 4.69) is 15.9 Å². The van der Waals surface area contributed by atoms with Crippen molar-refractivity contribution in [3.8, 4) is 0 Å². The SMILES string of the molecule is CC(O)CN(C)c1ccc(Br)cc1C(=N)N. The van der Waals surface area contributed by atoms with Crippen molar-refractivity contribution in [3.63, 3.8) is 0 Å². The Bertz CT molecular complexity index is 393. The van der Waals surface area contributed by atoms with Gasteiger partial charge in [-0.15, -0.1) is 0 Å². The summed E-state index contributed by atoms with van der Waals surface area (Å²) in [7, 11) is 1.86. The quantitative estimate of drug-likeness (QED) is 0.581. The first kappa shape index (κ1) is 13.0. The molecule has 0 radical (unpaired) electrons. The van der Waals surface area contributed by atoms with Crippen LogP contribution in [-0.4, -0.2) is 30.6 Å². The van der Waals surface area contributed by atoms with Crippen molar-refractivity contribution in [2.24, 2.45) is 5.73 Å². The monoisotopic (exact) mass is 285 g/mol. The summed E-state index contributed by atoms with van der Waals surface area (Å²) in [6.07, 6.45) is -0.423. The van der Waals surface area contributed by atoms with E-state index in [1.807, 2.05) is 24.1 Å². The molecule has 0 aliphatic heterocycles. The lowest BCUT2D eigenvalue weighted by atomic mass is 10.1. The molecule has 1 rings (SSSR count). The standard InChI is InChI=1S/C11H16BrN3O/c1-7(16)6-15(2)10-4-3-8(12)5-9(10)11(13)14/h3-5,7,16H,6H2,1-2H3,(H3,13,14). The fourth-order valence-electron chi connectivity index (χ4n) is 1.55. The highest BCUT2D eigenvalue weighted by Gasteiger charge is 2.11. The lowest BCUT2D eigenvalue weighted by molar-refractivity contribution is 0.201. The number of aliphatic hydroxyl groups excluding tert-OH is 1. The number of benzene rings is 1. The molecule has 5 heteroatoms. The van der Waals surface area contributed by atoms with Gasteiger partial charge in [0.25, 0.3) is 0 Å². The van der Waals surface area contributed by atoms with Crippen LogP contribution in [0.15, 0.2) is 22.7 Å². The predicted molar refractivity (Wildman–Crippen MR) is 70.1 cm³/mol. The number of likely N-dealkylation sites (N-methyl/N-ethyl adjacent to an activating group) is 1. The van der Waals surface area contributed by atoms with E-state index in [9.17, 15) is 5.11 Å². The molecular weight excluding hydrogens is 270 g/mol. The van der Waals surface area contributed by atoms with E-state index >= 15 is 0 Å². The molecular formula is C11H16BrN3O. The number of nitrogens with zero attached hydrogens (tertiary/aromatic N) is 1. The van der Waals surface area contributed by atoms with Crippen molar-refractivity contribution in [1.29, 1.82) is 5.41 Å². The fraction of sp³-hybridized carbons (Fsp3) is 0.364. The van der Waals surface area contributed by atoms with E-state index in [1.165, 1.54) is 0 Å². The maximum atomic E-state index is 9.33. The van der Waals surface area contributed by atoms with Gasteiger partial charge in [-0.3, -0.25) is 5.41 Å². The fourth-order valence-corrected chi connectivity index (χ4v) is 1.91. The van der Waals surface area contributed by atoms with Crippen LogP contribution in [0.2, 0.25) is 0 Å². The number of hydrogen-bond acceptors (Lipinski definition) is 3. The minimum Gasteiger partial charge on any atom is -0.392 e. The van der Waals surface area contributed by atoms with Gasteiger partial charge in [-0.05, 0) is 25.1 Å². The summed E-state index contributed by atoms with van der Waals surface area (Å²) in [5.74, 6) is 0.0220. The van der Waals surface area contributed by atoms with Gasteiger partial charge in [0.1, 0.15) is 5.84 Å². The highest BCUT2D eigenvalue weighted by molar-refractivity contribution is 9.10. The Labute approximate surface area is 104 Å². The van der Waals surface area contributed by atoms with Crippen LogP contribution in [0.4, 0.5) is 5.69 Å². The first-order valence-corrected chi connectivity index (χ1v) is 5.74. The zero-order chi connectivity index (χ0) is 12.3. The van der Waals surface area contributed by atoms with Crippen LogP contribution in [0.1, 0.15) is 12.5 Å². The summed E-state index contributed by atoms with van der Waals surface area (Å²) in [5.41, 5.74) is 7.03. The Morgan fingerprint density at radius 1 is 1.62 bits per heavy atom. The molecule has 16 heavy (non-hydrogen) atoms. The largest absolute Gasteiger partial charge is 0.392 e. The van der Waals surface area contributed by atoms with Crippen LogP contribution in [0.3, 0.4) is 0 Å². The minimum absolute atomic E-state index is 0.0220. The molecule has 4 nitrogen and oxygen atoms in total. The Morgan fingerprint density at radius 3 is 2.75 bits per heavy atom. The average molecular weight is 286 g/mol. The molecule has 1 aromatic rings. The molecule has 1 atom stereocenters. The maximum Gasteiger partial charge on any atom is 0.124 e. The van der Waals surface area contributed by atoms with Crippen molar-refractivity contribution in [2.75, 3.05) is 18.5 Å². The smallest absolute Gasteiger partial charge is 0.124 e. The van der Waals surface area contributed by atoms with Crippen LogP contribution in [0.25, 0.3) is 0 Å². The number of aliphatic hydroxyl groups is 1. The third-order valence-corrected chi connectivity index (χ3v) is 2.69. The summed E-state index contributed by atoms with van der Waals surface area (Å²) in [6.45, 7) is 2.23. The average Bonchev–Trinajstić information content (AvgIpc) is 2.16. The van der Waals surface area contributed by atoms with Gasteiger partial charge in [0.15, 0.2) is 0 Å². The van der Waals surface area contributed by atoms with E-state index in [4.69, 9.17) is 11.1 Å². The third-order valence-electron chi connectivity index (χ3n) is 2.20. The number of nitrogens with one attached hydrogen (secondary N) is 1. The van der Waals surface area contributed by atoms with E-state index in [-0.39, 0.29) is 5.84 Å². The normalized spacial score (nSPS) is 12.2. The predicted octanol–water partition coefficient (Wildman–Crippen LogP) is 1.55. The van der Waals surface area contributed by atoms with Gasteiger partial charge in [-0.2, -0.15) is 0 Å². The van der Waals surface area contributed by atoms with Crippen LogP contribution < -0.4 is 10.6 Å². The highest BCUT2D eigenvalue weighted by Crippen LogP contribution is 2.23. The van der Waals surface area contributed by atoms with E-state index < -0.39 is 6.10 Å². The van der Waals surface area contributed by atoms with Crippen LogP contribution in [0.5, 0.6) is 0 Å². The number of rotatable bonds is 4. The first-order valence-electron chi connectivity index (χ1n) is 4.95. The summed E-state index contributed by atoms with van der Waals surface area (Å²) in [5, 5.41) is 16.8. The Kier molecular flexibility index (Phi) is 4.32. The van der Waals surface area contributed by atoms with Gasteiger partial charge >= 0.3 is 0 Å². The van der Waals surface area contributed by atoms with Gasteiger partial charge in [0, 0.05) is 29.3 Å². The van der Waals surface area contributed by atoms with Crippen molar-refractivity contribution in [2.45, 2.75) is 13.0 Å². The summed E-state index contributed by atoms with van der Waals surface area (Å²) in [4.78, 5) is 1.88. The van der Waals surface area contributed by atoms with Gasteiger partial charge in [-0.25, -0.2) is 0 Å². The molecule has 88 valence electrons. The van der Waals surface area contributed by atoms with Crippen LogP contribution >= 0.6 is 15.9 Å². The molecule has 1 unspecified atom stereocenters. The topological polar surface area (TPSA) is 73.3 Å². The van der Waals surface area contributed by atoms with Crippen molar-refractivity contribution >= 4 is 27.5 Å². The van der Waals surface area contributed by atoms with Crippen LogP contribution in [-0.2, 0) is 0 Å². The molecule has 0 aromatic heterocycles. The molecule has 1 aromatic carbocycles. The van der Waals surface area contributed by atoms with Crippen molar-refractivity contribution < 1.29 is 5.11 Å². The number of nitrogen functional groups attached to an aromatic ring is 1. The highest BCUT2D eigenvalue weighted by atomic mass is 79.9. The number of amidine groups is 1. The summed E-state index contributed by atoms with van der Waals surface area (Å²) < 4.78 is 0.881. The molecule has 0 spiro atoms. The van der Waals surface area contributed by atoms with Crippen molar-refractivity contribution in [3.05, 3.63) is 28.2 Å². The zero-order valence-corrected chi connectivity index (χ0v) is 11.0. The molecule has 0 aliphatic carbocycles. The molecule has 0 amide bonds. The van der Waals surface area contributed by atoms with E-state index in [1.54, 1.807) is 13.0 Å². The Morgan fingerprint density at radius 2 is 2.25 bits per heavy atom. The number of anilines is 1. The van der Waals surface area contributed by atoms with Crippen LogP contribution in [0, 0.1) is 5.41 Å². The lowest BCUT2D eigenvalue weighted by Crippen LogP contribution is -2.29. The second kappa shape index (κ2) is 5.32. The second-order valence-electron chi connectivity index (χ2n) is 3.80. The summed E-state index contributed by atoms with van der Waals surface area (Å²) >= 11 is 3.34. The maximum absolute atomic E-state index is 9.33. The van der Waals surface area contributed by atoms with Crippen molar-refractivity contribution in [1.82, 2.24) is 0 Å². The molecule has 0 saturated carbocycles. The van der Waals surface area contributed by atoms with Gasteiger partial charge in [0.2, 0.25) is 0 Å². The molecule has 0 saturated heterocycles. The molecule has 0 fully saturated rings. The van der Waals surface area contributed by atoms with Gasteiger partial charge < -0.3 is 15.7 Å². The Balaban J connectivity index is 3.07.